The van der Waals surface area contributed by atoms with Crippen LogP contribution in [0.15, 0.2) is 36.4 Å². The standard InChI is InChI=1S/C20H22O3/c1-5-15-9-7-11-17(13(15)3)19(21)23-20(22)18-12-8-10-16(6-2)14(18)4/h7-12H,5-6H2,1-4H3. The fourth-order valence-corrected chi connectivity index (χ4v) is 2.77. The highest BCUT2D eigenvalue weighted by atomic mass is 16.6. The monoisotopic (exact) mass is 310 g/mol. The second-order valence-corrected chi connectivity index (χ2v) is 5.56. The first-order valence-electron chi connectivity index (χ1n) is 7.93. The Labute approximate surface area is 137 Å². The summed E-state index contributed by atoms with van der Waals surface area (Å²) >= 11 is 0. The fourth-order valence-electron chi connectivity index (χ4n) is 2.77. The molecular weight excluding hydrogens is 288 g/mol. The van der Waals surface area contributed by atoms with Crippen molar-refractivity contribution in [1.82, 2.24) is 0 Å². The molecule has 0 amide bonds. The molecule has 2 aromatic carbocycles. The maximum absolute atomic E-state index is 12.3. The van der Waals surface area contributed by atoms with Crippen LogP contribution in [0, 0.1) is 13.8 Å². The van der Waals surface area contributed by atoms with Gasteiger partial charge >= 0.3 is 11.9 Å². The van der Waals surface area contributed by atoms with Gasteiger partial charge < -0.3 is 4.74 Å². The topological polar surface area (TPSA) is 43.4 Å². The molecule has 0 unspecified atom stereocenters. The molecule has 0 bridgehead atoms. The number of ether oxygens (including phenoxy) is 1. The number of hydrogen-bond acceptors (Lipinski definition) is 3. The third kappa shape index (κ3) is 3.50. The van der Waals surface area contributed by atoms with E-state index in [0.717, 1.165) is 35.1 Å². The van der Waals surface area contributed by atoms with Gasteiger partial charge in [-0.1, -0.05) is 38.1 Å². The van der Waals surface area contributed by atoms with Crippen LogP contribution in [0.1, 0.15) is 56.8 Å². The summed E-state index contributed by atoms with van der Waals surface area (Å²) in [6.45, 7) is 7.82. The Morgan fingerprint density at radius 2 is 1.17 bits per heavy atom. The average Bonchev–Trinajstić information content (AvgIpc) is 2.55. The molecule has 2 rings (SSSR count). The van der Waals surface area contributed by atoms with Crippen LogP contribution in [-0.4, -0.2) is 11.9 Å². The summed E-state index contributed by atoms with van der Waals surface area (Å²) in [4.78, 5) is 24.7. The lowest BCUT2D eigenvalue weighted by atomic mass is 10.00. The number of hydrogen-bond donors (Lipinski definition) is 0. The smallest absolute Gasteiger partial charge is 0.346 e. The molecule has 3 heteroatoms. The molecule has 0 fully saturated rings. The van der Waals surface area contributed by atoms with Gasteiger partial charge in [-0.2, -0.15) is 0 Å². The van der Waals surface area contributed by atoms with E-state index >= 15 is 0 Å². The van der Waals surface area contributed by atoms with Crippen molar-refractivity contribution in [2.24, 2.45) is 0 Å². The largest absolute Gasteiger partial charge is 0.386 e. The summed E-state index contributed by atoms with van der Waals surface area (Å²) in [7, 11) is 0. The number of carbonyl (C=O) groups excluding carboxylic acids is 2. The van der Waals surface area contributed by atoms with Crippen LogP contribution in [0.25, 0.3) is 0 Å². The number of aryl methyl sites for hydroxylation is 2. The Balaban J connectivity index is 2.26. The van der Waals surface area contributed by atoms with Crippen molar-refractivity contribution in [2.45, 2.75) is 40.5 Å². The molecule has 0 atom stereocenters. The second kappa shape index (κ2) is 7.23. The Bertz CT molecular complexity index is 681. The summed E-state index contributed by atoms with van der Waals surface area (Å²) in [6, 6.07) is 11.0. The van der Waals surface area contributed by atoms with Crippen LogP contribution in [0.2, 0.25) is 0 Å². The van der Waals surface area contributed by atoms with Crippen molar-refractivity contribution in [3.63, 3.8) is 0 Å². The molecule has 3 nitrogen and oxygen atoms in total. The average molecular weight is 310 g/mol. The van der Waals surface area contributed by atoms with E-state index in [1.165, 1.54) is 0 Å². The van der Waals surface area contributed by atoms with E-state index in [1.807, 2.05) is 52.0 Å². The zero-order valence-electron chi connectivity index (χ0n) is 14.1. The van der Waals surface area contributed by atoms with Crippen LogP contribution in [-0.2, 0) is 17.6 Å². The summed E-state index contributed by atoms with van der Waals surface area (Å²) < 4.78 is 5.11. The minimum atomic E-state index is -0.593. The predicted octanol–water partition coefficient (Wildman–Crippen LogP) is 4.43. The lowest BCUT2D eigenvalue weighted by Crippen LogP contribution is -2.16. The van der Waals surface area contributed by atoms with Crippen LogP contribution in [0.4, 0.5) is 0 Å². The number of esters is 2. The molecule has 0 spiro atoms. The Morgan fingerprint density at radius 1 is 0.783 bits per heavy atom. The first kappa shape index (κ1) is 16.9. The van der Waals surface area contributed by atoms with E-state index in [-0.39, 0.29) is 0 Å². The van der Waals surface area contributed by atoms with Gasteiger partial charge in [0, 0.05) is 0 Å². The first-order valence-corrected chi connectivity index (χ1v) is 7.93. The zero-order valence-corrected chi connectivity index (χ0v) is 14.1. The summed E-state index contributed by atoms with van der Waals surface area (Å²) in [5.74, 6) is -1.19. The number of rotatable bonds is 4. The summed E-state index contributed by atoms with van der Waals surface area (Å²) in [5, 5.41) is 0. The van der Waals surface area contributed by atoms with Gasteiger partial charge in [0.25, 0.3) is 0 Å². The van der Waals surface area contributed by atoms with Gasteiger partial charge in [0.2, 0.25) is 0 Å². The SMILES string of the molecule is CCc1cccc(C(=O)OC(=O)c2cccc(CC)c2C)c1C. The van der Waals surface area contributed by atoms with E-state index < -0.39 is 11.9 Å². The summed E-state index contributed by atoms with van der Waals surface area (Å²) in [5.41, 5.74) is 4.79. The molecule has 23 heavy (non-hydrogen) atoms. The zero-order chi connectivity index (χ0) is 17.0. The van der Waals surface area contributed by atoms with Crippen LogP contribution in [0.5, 0.6) is 0 Å². The molecule has 0 radical (unpaired) electrons. The highest BCUT2D eigenvalue weighted by Crippen LogP contribution is 2.19. The second-order valence-electron chi connectivity index (χ2n) is 5.56. The number of carbonyl (C=O) groups is 2. The molecule has 0 saturated carbocycles. The van der Waals surface area contributed by atoms with Gasteiger partial charge in [-0.3, -0.25) is 0 Å². The van der Waals surface area contributed by atoms with E-state index in [0.29, 0.717) is 11.1 Å². The Kier molecular flexibility index (Phi) is 5.32. The van der Waals surface area contributed by atoms with Gasteiger partial charge in [-0.15, -0.1) is 0 Å². The van der Waals surface area contributed by atoms with Gasteiger partial charge in [0.05, 0.1) is 11.1 Å². The van der Waals surface area contributed by atoms with Crippen molar-refractivity contribution in [3.8, 4) is 0 Å². The third-order valence-electron chi connectivity index (χ3n) is 4.28. The van der Waals surface area contributed by atoms with Gasteiger partial charge in [-0.05, 0) is 61.1 Å². The molecule has 0 aliphatic rings. The maximum Gasteiger partial charge on any atom is 0.346 e. The van der Waals surface area contributed by atoms with Gasteiger partial charge in [0.15, 0.2) is 0 Å². The fraction of sp³-hybridized carbons (Fsp3) is 0.300. The molecular formula is C20H22O3. The molecule has 0 heterocycles. The van der Waals surface area contributed by atoms with Crippen LogP contribution in [0.3, 0.4) is 0 Å². The van der Waals surface area contributed by atoms with E-state index in [2.05, 4.69) is 0 Å². The minimum absolute atomic E-state index is 0.446. The Hall–Kier alpha value is -2.42. The lowest BCUT2D eigenvalue weighted by Gasteiger charge is -2.11. The van der Waals surface area contributed by atoms with Crippen LogP contribution < -0.4 is 0 Å². The van der Waals surface area contributed by atoms with E-state index in [4.69, 9.17) is 4.74 Å². The minimum Gasteiger partial charge on any atom is -0.386 e. The molecule has 0 aliphatic carbocycles. The molecule has 0 aliphatic heterocycles. The van der Waals surface area contributed by atoms with E-state index in [9.17, 15) is 9.59 Å². The number of benzene rings is 2. The summed E-state index contributed by atoms with van der Waals surface area (Å²) in [6.07, 6.45) is 1.66. The first-order chi connectivity index (χ1) is 11.0. The predicted molar refractivity (Wildman–Crippen MR) is 90.9 cm³/mol. The Morgan fingerprint density at radius 3 is 1.52 bits per heavy atom. The molecule has 120 valence electrons. The molecule has 0 saturated heterocycles. The molecule has 2 aromatic rings. The van der Waals surface area contributed by atoms with Crippen LogP contribution >= 0.6 is 0 Å². The highest BCUT2D eigenvalue weighted by molar-refractivity contribution is 6.04. The lowest BCUT2D eigenvalue weighted by molar-refractivity contribution is 0.0396. The molecule has 0 N–H and O–H groups in total. The van der Waals surface area contributed by atoms with Gasteiger partial charge in [0.1, 0.15) is 0 Å². The van der Waals surface area contributed by atoms with Gasteiger partial charge in [-0.25, -0.2) is 9.59 Å². The van der Waals surface area contributed by atoms with Crippen molar-refractivity contribution in [2.75, 3.05) is 0 Å². The van der Waals surface area contributed by atoms with E-state index in [1.54, 1.807) is 12.1 Å². The van der Waals surface area contributed by atoms with Crippen molar-refractivity contribution >= 4 is 11.9 Å². The maximum atomic E-state index is 12.3. The van der Waals surface area contributed by atoms with Crippen molar-refractivity contribution in [3.05, 3.63) is 69.8 Å². The quantitative estimate of drug-likeness (QED) is 0.620. The highest BCUT2D eigenvalue weighted by Gasteiger charge is 2.19. The van der Waals surface area contributed by atoms with Crippen molar-refractivity contribution in [1.29, 1.82) is 0 Å². The third-order valence-corrected chi connectivity index (χ3v) is 4.28. The van der Waals surface area contributed by atoms with Crippen molar-refractivity contribution < 1.29 is 14.3 Å². The normalized spacial score (nSPS) is 10.4. The molecule has 0 aromatic heterocycles.